The number of hydrogen-bond acceptors (Lipinski definition) is 2. The molecule has 0 saturated heterocycles. The Bertz CT molecular complexity index is 706. The van der Waals surface area contributed by atoms with Crippen molar-refractivity contribution >= 4 is 5.69 Å². The molecule has 3 rings (SSSR count). The monoisotopic (exact) mass is 317 g/mol. The minimum absolute atomic E-state index is 0.0793. The van der Waals surface area contributed by atoms with E-state index < -0.39 is 0 Å². The molecule has 0 spiro atoms. The van der Waals surface area contributed by atoms with Gasteiger partial charge in [-0.25, -0.2) is 0 Å². The predicted molar refractivity (Wildman–Crippen MR) is 99.2 cm³/mol. The summed E-state index contributed by atoms with van der Waals surface area (Å²) in [4.78, 5) is 2.08. The Labute approximate surface area is 145 Å². The van der Waals surface area contributed by atoms with E-state index >= 15 is 0 Å². The summed E-state index contributed by atoms with van der Waals surface area (Å²) in [6.45, 7) is 2.01. The van der Waals surface area contributed by atoms with Crippen molar-refractivity contribution in [1.29, 1.82) is 0 Å². The van der Waals surface area contributed by atoms with Crippen LogP contribution in [0.3, 0.4) is 0 Å². The van der Waals surface area contributed by atoms with E-state index in [9.17, 15) is 5.11 Å². The molecule has 122 valence electrons. The average Bonchev–Trinajstić information content (AvgIpc) is 2.64. The van der Waals surface area contributed by atoms with Gasteiger partial charge in [-0.1, -0.05) is 95.6 Å². The van der Waals surface area contributed by atoms with Crippen LogP contribution in [0.15, 0.2) is 84.9 Å². The number of hydrogen-bond donors (Lipinski definition) is 0. The average molecular weight is 317 g/mol. The summed E-state index contributed by atoms with van der Waals surface area (Å²) in [6.07, 6.45) is 0.0793. The molecule has 0 aliphatic heterocycles. The summed E-state index contributed by atoms with van der Waals surface area (Å²) in [5.74, 6) is 0. The van der Waals surface area contributed by atoms with Crippen molar-refractivity contribution in [1.82, 2.24) is 4.90 Å². The van der Waals surface area contributed by atoms with Gasteiger partial charge in [0, 0.05) is 12.1 Å². The van der Waals surface area contributed by atoms with E-state index in [1.807, 2.05) is 93.8 Å². The van der Waals surface area contributed by atoms with Crippen LogP contribution in [0.2, 0.25) is 0 Å². The van der Waals surface area contributed by atoms with Gasteiger partial charge in [-0.05, 0) is 6.92 Å². The Morgan fingerprint density at radius 2 is 1.12 bits per heavy atom. The molecular weight excluding hydrogens is 294 g/mol. The SMILES string of the molecule is C[N+](C)c1ccccc1.Cc1ccc([C]([O-])c2ccccc2)cc1. The molecule has 0 aliphatic carbocycles. The van der Waals surface area contributed by atoms with Gasteiger partial charge in [0.1, 0.15) is 14.1 Å². The number of anilines is 1. The summed E-state index contributed by atoms with van der Waals surface area (Å²) in [5, 5.41) is 12.0. The van der Waals surface area contributed by atoms with E-state index in [1.165, 1.54) is 11.3 Å². The number of para-hydroxylation sites is 1. The number of rotatable bonds is 3. The molecule has 0 atom stereocenters. The van der Waals surface area contributed by atoms with Crippen LogP contribution in [-0.2, 0) is 0 Å². The third-order valence-electron chi connectivity index (χ3n) is 3.62. The molecular formula is C22H23NO. The van der Waals surface area contributed by atoms with Gasteiger partial charge in [0.25, 0.3) is 0 Å². The third-order valence-corrected chi connectivity index (χ3v) is 3.62. The van der Waals surface area contributed by atoms with Crippen LogP contribution in [-0.4, -0.2) is 14.1 Å². The largest absolute Gasteiger partial charge is 0.843 e. The van der Waals surface area contributed by atoms with Gasteiger partial charge in [-0.15, -0.1) is 4.90 Å². The molecule has 3 aromatic carbocycles. The lowest BCUT2D eigenvalue weighted by Gasteiger charge is -2.22. The van der Waals surface area contributed by atoms with Crippen molar-refractivity contribution in [2.75, 3.05) is 14.1 Å². The van der Waals surface area contributed by atoms with Gasteiger partial charge in [-0.3, -0.25) is 0 Å². The highest BCUT2D eigenvalue weighted by atomic mass is 16.3. The lowest BCUT2D eigenvalue weighted by molar-refractivity contribution is -0.333. The molecule has 0 bridgehead atoms. The van der Waals surface area contributed by atoms with Gasteiger partial charge in [0.15, 0.2) is 5.69 Å². The molecule has 0 unspecified atom stereocenters. The van der Waals surface area contributed by atoms with Gasteiger partial charge in [-0.2, -0.15) is 0 Å². The third kappa shape index (κ3) is 5.34. The standard InChI is InChI=1S/C14H12O.C8H11N/c1-11-7-9-13(10-8-11)14(15)12-5-3-2-4-6-12;1-9(2)8-6-4-3-5-7-8/h2-10H,1H3;3-7H,1-2H3/q-1;+1. The van der Waals surface area contributed by atoms with Crippen LogP contribution in [0.4, 0.5) is 5.69 Å². The van der Waals surface area contributed by atoms with Crippen LogP contribution in [0.25, 0.3) is 0 Å². The molecule has 0 amide bonds. The predicted octanol–water partition coefficient (Wildman–Crippen LogP) is 4.00. The van der Waals surface area contributed by atoms with Crippen LogP contribution >= 0.6 is 0 Å². The molecule has 2 radical (unpaired) electrons. The topological polar surface area (TPSA) is 29.0 Å². The van der Waals surface area contributed by atoms with Crippen LogP contribution in [0, 0.1) is 13.0 Å². The van der Waals surface area contributed by atoms with Gasteiger partial charge in [0.05, 0.1) is 0 Å². The van der Waals surface area contributed by atoms with E-state index in [-0.39, 0.29) is 6.10 Å². The van der Waals surface area contributed by atoms with Crippen molar-refractivity contribution in [2.24, 2.45) is 0 Å². The molecule has 2 heteroatoms. The second-order valence-corrected chi connectivity index (χ2v) is 5.79. The summed E-state index contributed by atoms with van der Waals surface area (Å²) in [6, 6.07) is 27.2. The van der Waals surface area contributed by atoms with E-state index in [2.05, 4.69) is 17.0 Å². The number of aryl methyl sites for hydroxylation is 1. The maximum atomic E-state index is 12.0. The van der Waals surface area contributed by atoms with Crippen LogP contribution < -0.4 is 10.0 Å². The first-order chi connectivity index (χ1) is 11.6. The Balaban J connectivity index is 0.000000198. The summed E-state index contributed by atoms with van der Waals surface area (Å²) < 4.78 is 0. The van der Waals surface area contributed by atoms with Crippen molar-refractivity contribution < 1.29 is 5.11 Å². The van der Waals surface area contributed by atoms with E-state index in [1.54, 1.807) is 0 Å². The summed E-state index contributed by atoms with van der Waals surface area (Å²) in [7, 11) is 4.07. The van der Waals surface area contributed by atoms with Crippen molar-refractivity contribution in [3.05, 3.63) is 108 Å². The fourth-order valence-corrected chi connectivity index (χ4v) is 2.19. The minimum Gasteiger partial charge on any atom is -0.843 e. The molecule has 0 aliphatic rings. The molecule has 0 heterocycles. The second kappa shape index (κ2) is 9.02. The maximum absolute atomic E-state index is 12.0. The molecule has 3 aromatic rings. The Hall–Kier alpha value is -2.42. The summed E-state index contributed by atoms with van der Waals surface area (Å²) >= 11 is 0. The minimum atomic E-state index is 0.0793. The van der Waals surface area contributed by atoms with Gasteiger partial charge in [0.2, 0.25) is 0 Å². The van der Waals surface area contributed by atoms with Crippen LogP contribution in [0.1, 0.15) is 16.7 Å². The van der Waals surface area contributed by atoms with E-state index in [0.29, 0.717) is 0 Å². The number of nitrogens with zero attached hydrogens (tertiary/aromatic N) is 1. The number of benzene rings is 3. The Morgan fingerprint density at radius 3 is 1.58 bits per heavy atom. The normalized spacial score (nSPS) is 10.4. The first kappa shape index (κ1) is 17.9. The van der Waals surface area contributed by atoms with Gasteiger partial charge >= 0.3 is 0 Å². The van der Waals surface area contributed by atoms with Crippen LogP contribution in [0.5, 0.6) is 0 Å². The fourth-order valence-electron chi connectivity index (χ4n) is 2.19. The first-order valence-electron chi connectivity index (χ1n) is 7.96. The zero-order chi connectivity index (χ0) is 17.4. The summed E-state index contributed by atoms with van der Waals surface area (Å²) in [5.41, 5.74) is 3.89. The Morgan fingerprint density at radius 1 is 0.667 bits per heavy atom. The van der Waals surface area contributed by atoms with Crippen molar-refractivity contribution in [2.45, 2.75) is 6.92 Å². The molecule has 0 N–H and O–H groups in total. The lowest BCUT2D eigenvalue weighted by Crippen LogP contribution is -2.17. The van der Waals surface area contributed by atoms with E-state index in [4.69, 9.17) is 0 Å². The molecule has 0 aromatic heterocycles. The zero-order valence-corrected chi connectivity index (χ0v) is 14.4. The quantitative estimate of drug-likeness (QED) is 0.671. The lowest BCUT2D eigenvalue weighted by atomic mass is 10.0. The second-order valence-electron chi connectivity index (χ2n) is 5.79. The molecule has 24 heavy (non-hydrogen) atoms. The highest BCUT2D eigenvalue weighted by Crippen LogP contribution is 2.17. The maximum Gasteiger partial charge on any atom is 0.180 e. The van der Waals surface area contributed by atoms with Crippen molar-refractivity contribution in [3.8, 4) is 0 Å². The van der Waals surface area contributed by atoms with Crippen molar-refractivity contribution in [3.63, 3.8) is 0 Å². The highest BCUT2D eigenvalue weighted by Gasteiger charge is 2.01. The first-order valence-corrected chi connectivity index (χ1v) is 7.96. The fraction of sp³-hybridized carbons (Fsp3) is 0.136. The molecule has 0 saturated carbocycles. The molecule has 0 fully saturated rings. The zero-order valence-electron chi connectivity index (χ0n) is 14.4. The highest BCUT2D eigenvalue weighted by molar-refractivity contribution is 5.41. The Kier molecular flexibility index (Phi) is 6.74. The smallest absolute Gasteiger partial charge is 0.180 e. The molecule has 2 nitrogen and oxygen atoms in total. The van der Waals surface area contributed by atoms with E-state index in [0.717, 1.165) is 11.1 Å². The van der Waals surface area contributed by atoms with Gasteiger partial charge < -0.3 is 5.11 Å².